The molecule has 2 aromatic carbocycles. The van der Waals surface area contributed by atoms with Gasteiger partial charge in [-0.25, -0.2) is 0 Å². The van der Waals surface area contributed by atoms with Crippen LogP contribution < -0.4 is 4.74 Å². The van der Waals surface area contributed by atoms with Crippen LogP contribution in [0.15, 0.2) is 48.5 Å². The maximum absolute atomic E-state index is 12.4. The summed E-state index contributed by atoms with van der Waals surface area (Å²) in [5.74, 6) is 2.39. The minimum Gasteiger partial charge on any atom is -0.406 e. The summed E-state index contributed by atoms with van der Waals surface area (Å²) in [6.45, 7) is 2.35. The van der Waals surface area contributed by atoms with E-state index in [0.29, 0.717) is 5.92 Å². The molecular formula is C29H39F3OSi. The van der Waals surface area contributed by atoms with Crippen molar-refractivity contribution in [3.05, 3.63) is 54.1 Å². The first-order valence-corrected chi connectivity index (χ1v) is 15.8. The normalized spacial score (nSPS) is 25.8. The smallest absolute Gasteiger partial charge is 0.406 e. The van der Waals surface area contributed by atoms with E-state index < -0.39 is 6.36 Å². The lowest BCUT2D eigenvalue weighted by molar-refractivity contribution is -0.274. The van der Waals surface area contributed by atoms with Crippen LogP contribution in [-0.4, -0.2) is 15.2 Å². The van der Waals surface area contributed by atoms with Crippen LogP contribution in [0.2, 0.25) is 18.1 Å². The molecule has 0 aromatic heterocycles. The molecule has 0 bridgehead atoms. The zero-order valence-corrected chi connectivity index (χ0v) is 21.6. The second-order valence-electron chi connectivity index (χ2n) is 10.7. The van der Waals surface area contributed by atoms with Crippen LogP contribution in [0.1, 0.15) is 76.2 Å². The Hall–Kier alpha value is -1.75. The highest BCUT2D eigenvalue weighted by Gasteiger charge is 2.31. The Labute approximate surface area is 204 Å². The summed E-state index contributed by atoms with van der Waals surface area (Å²) in [5.41, 5.74) is 3.32. The Morgan fingerprint density at radius 3 is 1.82 bits per heavy atom. The highest BCUT2D eigenvalue weighted by molar-refractivity contribution is 6.58. The largest absolute Gasteiger partial charge is 0.573 e. The van der Waals surface area contributed by atoms with Gasteiger partial charge in [0.15, 0.2) is 0 Å². The molecule has 5 heteroatoms. The van der Waals surface area contributed by atoms with Crippen molar-refractivity contribution >= 4 is 8.80 Å². The van der Waals surface area contributed by atoms with Crippen LogP contribution in [0, 0.1) is 11.8 Å². The Kier molecular flexibility index (Phi) is 8.79. The van der Waals surface area contributed by atoms with Crippen LogP contribution in [-0.2, 0) is 0 Å². The summed E-state index contributed by atoms with van der Waals surface area (Å²) < 4.78 is 41.0. The fraction of sp³-hybridized carbons (Fsp3) is 0.586. The van der Waals surface area contributed by atoms with Crippen LogP contribution in [0.25, 0.3) is 11.1 Å². The minimum atomic E-state index is -4.66. The summed E-state index contributed by atoms with van der Waals surface area (Å²) in [7, 11) is -0.348. The molecule has 2 aromatic rings. The number of hydrogen-bond acceptors (Lipinski definition) is 1. The van der Waals surface area contributed by atoms with Gasteiger partial charge < -0.3 is 4.74 Å². The molecule has 1 saturated carbocycles. The van der Waals surface area contributed by atoms with Gasteiger partial charge >= 0.3 is 6.36 Å². The Balaban J connectivity index is 1.21. The maximum atomic E-state index is 12.4. The molecule has 0 amide bonds. The summed E-state index contributed by atoms with van der Waals surface area (Å²) in [5, 5.41) is 0. The van der Waals surface area contributed by atoms with Crippen molar-refractivity contribution in [1.82, 2.24) is 0 Å². The van der Waals surface area contributed by atoms with Crippen molar-refractivity contribution < 1.29 is 17.9 Å². The third kappa shape index (κ3) is 7.37. The lowest BCUT2D eigenvalue weighted by Gasteiger charge is -2.32. The average molecular weight is 489 g/mol. The van der Waals surface area contributed by atoms with Crippen molar-refractivity contribution in [3.63, 3.8) is 0 Å². The van der Waals surface area contributed by atoms with E-state index in [2.05, 4.69) is 35.9 Å². The van der Waals surface area contributed by atoms with Gasteiger partial charge in [-0.15, -0.1) is 13.2 Å². The number of ether oxygens (including phenoxy) is 1. The van der Waals surface area contributed by atoms with Gasteiger partial charge in [-0.1, -0.05) is 93.6 Å². The van der Waals surface area contributed by atoms with Crippen LogP contribution in [0.3, 0.4) is 0 Å². The van der Waals surface area contributed by atoms with Gasteiger partial charge in [-0.2, -0.15) is 0 Å². The molecule has 2 fully saturated rings. The monoisotopic (exact) mass is 488 g/mol. The first kappa shape index (κ1) is 25.3. The van der Waals surface area contributed by atoms with Gasteiger partial charge in [-0.05, 0) is 72.3 Å². The van der Waals surface area contributed by atoms with Crippen LogP contribution in [0.4, 0.5) is 13.2 Å². The van der Waals surface area contributed by atoms with Crippen molar-refractivity contribution in [1.29, 1.82) is 0 Å². The van der Waals surface area contributed by atoms with Crippen molar-refractivity contribution in [2.75, 3.05) is 0 Å². The van der Waals surface area contributed by atoms with Gasteiger partial charge in [-0.3, -0.25) is 0 Å². The predicted molar refractivity (Wildman–Crippen MR) is 137 cm³/mol. The zero-order chi connectivity index (χ0) is 24.0. The van der Waals surface area contributed by atoms with Crippen molar-refractivity contribution in [2.24, 2.45) is 11.8 Å². The molecule has 1 aliphatic carbocycles. The van der Waals surface area contributed by atoms with E-state index in [0.717, 1.165) is 23.0 Å². The summed E-state index contributed by atoms with van der Waals surface area (Å²) in [6.07, 6.45) is 7.97. The highest BCUT2D eigenvalue weighted by Crippen LogP contribution is 2.40. The molecular weight excluding hydrogens is 449 g/mol. The first-order valence-electron chi connectivity index (χ1n) is 13.4. The summed E-state index contributed by atoms with van der Waals surface area (Å²) in [4.78, 5) is 0. The van der Waals surface area contributed by atoms with Gasteiger partial charge in [0.2, 0.25) is 0 Å². The molecule has 1 nitrogen and oxygen atoms in total. The molecule has 0 N–H and O–H groups in total. The SMILES string of the molecule is CCC[Si@H]1CC[C@H](CCC2CCC(c3ccc(-c4ccc(OC(F)(F)F)cc4)cc3)CC2)CC1. The number of benzene rings is 2. The van der Waals surface area contributed by atoms with E-state index in [4.69, 9.17) is 0 Å². The molecule has 1 saturated heterocycles. The molecule has 1 aliphatic heterocycles. The zero-order valence-electron chi connectivity index (χ0n) is 20.5. The highest BCUT2D eigenvalue weighted by atomic mass is 28.3. The van der Waals surface area contributed by atoms with Crippen LogP contribution in [0.5, 0.6) is 5.75 Å². The van der Waals surface area contributed by atoms with E-state index in [-0.39, 0.29) is 14.5 Å². The average Bonchev–Trinajstić information content (AvgIpc) is 2.84. The summed E-state index contributed by atoms with van der Waals surface area (Å²) in [6, 6.07) is 19.5. The summed E-state index contributed by atoms with van der Waals surface area (Å²) >= 11 is 0. The molecule has 4 rings (SSSR count). The fourth-order valence-corrected chi connectivity index (χ4v) is 9.84. The molecule has 0 spiro atoms. The van der Waals surface area contributed by atoms with Crippen molar-refractivity contribution in [3.8, 4) is 16.9 Å². The molecule has 1 heterocycles. The van der Waals surface area contributed by atoms with E-state index in [9.17, 15) is 13.2 Å². The van der Waals surface area contributed by atoms with E-state index in [1.54, 1.807) is 30.3 Å². The lowest BCUT2D eigenvalue weighted by atomic mass is 9.76. The molecule has 34 heavy (non-hydrogen) atoms. The molecule has 0 radical (unpaired) electrons. The fourth-order valence-electron chi connectivity index (χ4n) is 6.27. The number of alkyl halides is 3. The number of hydrogen-bond donors (Lipinski definition) is 0. The Morgan fingerprint density at radius 1 is 0.765 bits per heavy atom. The third-order valence-electron chi connectivity index (χ3n) is 8.30. The van der Waals surface area contributed by atoms with E-state index in [1.165, 1.54) is 75.5 Å². The predicted octanol–water partition coefficient (Wildman–Crippen LogP) is 9.35. The minimum absolute atomic E-state index is 0.185. The van der Waals surface area contributed by atoms with E-state index >= 15 is 0 Å². The maximum Gasteiger partial charge on any atom is 0.573 e. The second-order valence-corrected chi connectivity index (χ2v) is 14.1. The second kappa shape index (κ2) is 11.8. The van der Waals surface area contributed by atoms with Crippen LogP contribution >= 0.6 is 0 Å². The molecule has 186 valence electrons. The number of rotatable bonds is 8. The third-order valence-corrected chi connectivity index (χ3v) is 12.0. The van der Waals surface area contributed by atoms with Gasteiger partial charge in [0, 0.05) is 8.80 Å². The molecule has 0 atom stereocenters. The van der Waals surface area contributed by atoms with E-state index in [1.807, 2.05) is 0 Å². The Bertz CT molecular complexity index is 862. The topological polar surface area (TPSA) is 9.23 Å². The van der Waals surface area contributed by atoms with Gasteiger partial charge in [0.25, 0.3) is 0 Å². The Morgan fingerprint density at radius 2 is 1.29 bits per heavy atom. The first-order chi connectivity index (χ1) is 16.4. The molecule has 0 unspecified atom stereocenters. The quantitative estimate of drug-likeness (QED) is 0.336. The lowest BCUT2D eigenvalue weighted by Crippen LogP contribution is -2.22. The number of halogens is 3. The standard InChI is InChI=1S/C29H39F3OSi/c1-2-19-34-20-17-23(18-21-34)4-3-22-5-7-24(8-6-22)25-9-11-26(12-10-25)27-13-15-28(16-14-27)33-29(30,31)32/h9-16,22-24,34H,2-8,17-21H2,1H3/t22?,23-,24?,34-. The van der Waals surface area contributed by atoms with Crippen molar-refractivity contribution in [2.45, 2.75) is 95.1 Å². The van der Waals surface area contributed by atoms with Gasteiger partial charge in [0.05, 0.1) is 0 Å². The molecule has 2 aliphatic rings. The van der Waals surface area contributed by atoms with Gasteiger partial charge in [0.1, 0.15) is 5.75 Å².